The summed E-state index contributed by atoms with van der Waals surface area (Å²) in [6.07, 6.45) is 8.48. The molecule has 1 N–H and O–H groups in total. The molecule has 162 valence electrons. The fraction of sp³-hybridized carbons (Fsp3) is 0.478. The van der Waals surface area contributed by atoms with Gasteiger partial charge in [0.25, 0.3) is 0 Å². The first kappa shape index (κ1) is 22.1. The summed E-state index contributed by atoms with van der Waals surface area (Å²) in [5.74, 6) is 0.977. The summed E-state index contributed by atoms with van der Waals surface area (Å²) in [5.41, 5.74) is 2.46. The van der Waals surface area contributed by atoms with E-state index in [2.05, 4.69) is 92.9 Å². The fourth-order valence-electron chi connectivity index (χ4n) is 3.78. The molecule has 0 saturated carbocycles. The van der Waals surface area contributed by atoms with Crippen LogP contribution in [0.4, 0.5) is 0 Å². The zero-order valence-electron chi connectivity index (χ0n) is 18.7. The molecule has 7 nitrogen and oxygen atoms in total. The number of piperazine rings is 1. The summed E-state index contributed by atoms with van der Waals surface area (Å²) in [6.45, 7) is 5.83. The topological polar surface area (TPSA) is 51.9 Å². The van der Waals surface area contributed by atoms with Crippen molar-refractivity contribution in [2.45, 2.75) is 6.04 Å². The summed E-state index contributed by atoms with van der Waals surface area (Å²) in [4.78, 5) is 11.6. The average Bonchev–Trinajstić information content (AvgIpc) is 3.18. The predicted molar refractivity (Wildman–Crippen MR) is 124 cm³/mol. The van der Waals surface area contributed by atoms with E-state index in [-0.39, 0.29) is 6.04 Å². The van der Waals surface area contributed by atoms with E-state index < -0.39 is 0 Å². The van der Waals surface area contributed by atoms with Gasteiger partial charge in [-0.2, -0.15) is 5.10 Å². The maximum atomic E-state index is 4.53. The number of hydrogen-bond donors (Lipinski definition) is 1. The molecule has 1 unspecified atom stereocenters. The van der Waals surface area contributed by atoms with E-state index in [1.54, 1.807) is 0 Å². The van der Waals surface area contributed by atoms with Crippen LogP contribution < -0.4 is 5.32 Å². The molecule has 1 fully saturated rings. The molecule has 1 aliphatic heterocycles. The Kier molecular flexibility index (Phi) is 8.04. The highest BCUT2D eigenvalue weighted by atomic mass is 15.3. The van der Waals surface area contributed by atoms with Crippen LogP contribution in [0, 0.1) is 0 Å². The van der Waals surface area contributed by atoms with Crippen molar-refractivity contribution < 1.29 is 0 Å². The van der Waals surface area contributed by atoms with E-state index in [0.717, 1.165) is 45.2 Å². The highest BCUT2D eigenvalue weighted by molar-refractivity contribution is 5.80. The van der Waals surface area contributed by atoms with Gasteiger partial charge in [0, 0.05) is 65.1 Å². The van der Waals surface area contributed by atoms with Gasteiger partial charge in [-0.3, -0.25) is 14.6 Å². The maximum Gasteiger partial charge on any atom is 0.193 e. The van der Waals surface area contributed by atoms with Gasteiger partial charge < -0.3 is 15.1 Å². The number of nitrogens with one attached hydrogen (secondary N) is 1. The molecule has 1 atom stereocenters. The molecule has 30 heavy (non-hydrogen) atoms. The maximum absolute atomic E-state index is 4.53. The number of guanidine groups is 1. The van der Waals surface area contributed by atoms with Crippen LogP contribution in [0.5, 0.6) is 0 Å². The number of aromatic nitrogens is 2. The van der Waals surface area contributed by atoms with Gasteiger partial charge in [0.15, 0.2) is 5.96 Å². The highest BCUT2D eigenvalue weighted by Gasteiger charge is 2.21. The second-order valence-electron chi connectivity index (χ2n) is 7.96. The minimum absolute atomic E-state index is 0.250. The highest BCUT2D eigenvalue weighted by Crippen LogP contribution is 2.16. The summed E-state index contributed by atoms with van der Waals surface area (Å²) >= 11 is 0. The lowest BCUT2D eigenvalue weighted by Gasteiger charge is -2.36. The van der Waals surface area contributed by atoms with Gasteiger partial charge in [0.2, 0.25) is 0 Å². The molecular weight excluding hydrogens is 374 g/mol. The SMILES string of the molecule is CN=C(NCC(c1cnn(C)c1)N(C)C)N1CCN(C/C=C/c2ccccc2)CC1. The molecule has 1 aliphatic rings. The predicted octanol–water partition coefficient (Wildman–Crippen LogP) is 1.93. The Labute approximate surface area is 180 Å². The Hall–Kier alpha value is -2.64. The Morgan fingerprint density at radius 3 is 2.53 bits per heavy atom. The average molecular weight is 410 g/mol. The lowest BCUT2D eigenvalue weighted by atomic mass is 10.1. The van der Waals surface area contributed by atoms with Gasteiger partial charge in [0.1, 0.15) is 0 Å². The number of hydrogen-bond acceptors (Lipinski definition) is 4. The van der Waals surface area contributed by atoms with E-state index >= 15 is 0 Å². The van der Waals surface area contributed by atoms with Gasteiger partial charge >= 0.3 is 0 Å². The molecule has 0 radical (unpaired) electrons. The Balaban J connectivity index is 1.47. The van der Waals surface area contributed by atoms with Crippen LogP contribution in [0.25, 0.3) is 6.08 Å². The first-order valence-electron chi connectivity index (χ1n) is 10.6. The van der Waals surface area contributed by atoms with Crippen LogP contribution in [0.1, 0.15) is 17.2 Å². The zero-order chi connectivity index (χ0) is 21.3. The van der Waals surface area contributed by atoms with E-state index in [1.165, 1.54) is 11.1 Å². The molecule has 0 spiro atoms. The van der Waals surface area contributed by atoms with Gasteiger partial charge in [-0.05, 0) is 19.7 Å². The van der Waals surface area contributed by atoms with Gasteiger partial charge in [-0.25, -0.2) is 0 Å². The molecule has 0 amide bonds. The fourth-order valence-corrected chi connectivity index (χ4v) is 3.78. The van der Waals surface area contributed by atoms with Crippen LogP contribution in [-0.4, -0.2) is 90.9 Å². The third kappa shape index (κ3) is 6.18. The van der Waals surface area contributed by atoms with Gasteiger partial charge in [-0.1, -0.05) is 42.5 Å². The summed E-state index contributed by atoms with van der Waals surface area (Å²) < 4.78 is 1.85. The normalized spacial score (nSPS) is 17.1. The zero-order valence-corrected chi connectivity index (χ0v) is 18.7. The van der Waals surface area contributed by atoms with E-state index in [4.69, 9.17) is 0 Å². The van der Waals surface area contributed by atoms with Crippen molar-refractivity contribution in [3.63, 3.8) is 0 Å². The van der Waals surface area contributed by atoms with Crippen LogP contribution in [-0.2, 0) is 7.05 Å². The number of benzene rings is 1. The molecule has 2 aromatic rings. The number of aliphatic imine (C=N–C) groups is 1. The van der Waals surface area contributed by atoms with Crippen LogP contribution >= 0.6 is 0 Å². The second kappa shape index (κ2) is 10.9. The molecule has 1 aromatic carbocycles. The van der Waals surface area contributed by atoms with E-state index in [0.29, 0.717) is 0 Å². The van der Waals surface area contributed by atoms with Crippen molar-refractivity contribution in [1.82, 2.24) is 29.8 Å². The third-order valence-corrected chi connectivity index (χ3v) is 5.54. The van der Waals surface area contributed by atoms with Crippen molar-refractivity contribution in [2.75, 3.05) is 60.4 Å². The monoisotopic (exact) mass is 409 g/mol. The summed E-state index contributed by atoms with van der Waals surface area (Å²) in [7, 11) is 8.02. The van der Waals surface area contributed by atoms with Crippen LogP contribution in [0.2, 0.25) is 0 Å². The van der Waals surface area contributed by atoms with Crippen molar-refractivity contribution >= 4 is 12.0 Å². The number of aryl methyl sites for hydroxylation is 1. The minimum atomic E-state index is 0.250. The molecular formula is C23H35N7. The van der Waals surface area contributed by atoms with Crippen molar-refractivity contribution in [3.8, 4) is 0 Å². The van der Waals surface area contributed by atoms with E-state index in [9.17, 15) is 0 Å². The van der Waals surface area contributed by atoms with E-state index in [1.807, 2.05) is 25.0 Å². The molecule has 1 saturated heterocycles. The molecule has 7 heteroatoms. The van der Waals surface area contributed by atoms with Crippen molar-refractivity contribution in [2.24, 2.45) is 12.0 Å². The lowest BCUT2D eigenvalue weighted by molar-refractivity contribution is 0.193. The van der Waals surface area contributed by atoms with Gasteiger partial charge in [0.05, 0.1) is 12.2 Å². The number of nitrogens with zero attached hydrogens (tertiary/aromatic N) is 6. The Bertz CT molecular complexity index is 817. The first-order valence-corrected chi connectivity index (χ1v) is 10.6. The number of likely N-dealkylation sites (N-methyl/N-ethyl adjacent to an activating group) is 1. The Morgan fingerprint density at radius 2 is 1.93 bits per heavy atom. The summed E-state index contributed by atoms with van der Waals surface area (Å²) in [6, 6.07) is 10.7. The lowest BCUT2D eigenvalue weighted by Crippen LogP contribution is -2.53. The standard InChI is InChI=1S/C23H35N7/c1-24-23(25-18-22(27(2)3)21-17-26-28(4)19-21)30-15-13-29(14-16-30)12-8-11-20-9-6-5-7-10-20/h5-11,17,19,22H,12-16,18H2,1-4H3,(H,24,25)/b11-8+. The largest absolute Gasteiger partial charge is 0.354 e. The molecule has 3 rings (SSSR count). The molecule has 0 aliphatic carbocycles. The number of rotatable bonds is 7. The summed E-state index contributed by atoms with van der Waals surface area (Å²) in [5, 5.41) is 7.89. The smallest absolute Gasteiger partial charge is 0.193 e. The van der Waals surface area contributed by atoms with Crippen LogP contribution in [0.15, 0.2) is 53.8 Å². The first-order chi connectivity index (χ1) is 14.6. The molecule has 2 heterocycles. The molecule has 0 bridgehead atoms. The second-order valence-corrected chi connectivity index (χ2v) is 7.96. The third-order valence-electron chi connectivity index (χ3n) is 5.54. The van der Waals surface area contributed by atoms with Crippen molar-refractivity contribution in [1.29, 1.82) is 0 Å². The van der Waals surface area contributed by atoms with Crippen LogP contribution in [0.3, 0.4) is 0 Å². The Morgan fingerprint density at radius 1 is 1.20 bits per heavy atom. The van der Waals surface area contributed by atoms with Crippen molar-refractivity contribution in [3.05, 3.63) is 59.9 Å². The molecule has 1 aromatic heterocycles. The van der Waals surface area contributed by atoms with Gasteiger partial charge in [-0.15, -0.1) is 0 Å². The quantitative estimate of drug-likeness (QED) is 0.559. The minimum Gasteiger partial charge on any atom is -0.354 e.